The molecule has 5 heteroatoms. The van der Waals surface area contributed by atoms with Crippen LogP contribution in [0.3, 0.4) is 0 Å². The second-order valence-electron chi connectivity index (χ2n) is 7.95. The third-order valence-electron chi connectivity index (χ3n) is 5.11. The van der Waals surface area contributed by atoms with Gasteiger partial charge in [-0.25, -0.2) is 0 Å². The Balaban J connectivity index is 1.92. The molecular formula is C22H28N2O2S. The van der Waals surface area contributed by atoms with Gasteiger partial charge in [-0.2, -0.15) is 0 Å². The molecule has 2 heterocycles. The smallest absolute Gasteiger partial charge is 0.243 e. The van der Waals surface area contributed by atoms with Crippen LogP contribution in [0.25, 0.3) is 0 Å². The normalized spacial score (nSPS) is 16.7. The number of benzene rings is 1. The van der Waals surface area contributed by atoms with Crippen molar-refractivity contribution in [2.45, 2.75) is 52.1 Å². The molecule has 0 N–H and O–H groups in total. The summed E-state index contributed by atoms with van der Waals surface area (Å²) < 4.78 is 0. The first-order chi connectivity index (χ1) is 12.8. The van der Waals surface area contributed by atoms with Crippen LogP contribution < -0.4 is 0 Å². The number of carbonyl (C=O) groups excluding carboxylic acids is 2. The van der Waals surface area contributed by atoms with Crippen LogP contribution in [0, 0.1) is 0 Å². The summed E-state index contributed by atoms with van der Waals surface area (Å²) in [5, 5.41) is 2.11. The summed E-state index contributed by atoms with van der Waals surface area (Å²) in [6.07, 6.45) is 1.28. The number of amides is 2. The number of carbonyl (C=O) groups is 2. The molecule has 0 spiro atoms. The van der Waals surface area contributed by atoms with E-state index in [1.807, 2.05) is 50.8 Å². The first kappa shape index (κ1) is 19.6. The third kappa shape index (κ3) is 4.08. The Kier molecular flexibility index (Phi) is 5.70. The Morgan fingerprint density at radius 3 is 2.52 bits per heavy atom. The van der Waals surface area contributed by atoms with Crippen LogP contribution in [-0.2, 0) is 16.0 Å². The lowest BCUT2D eigenvalue weighted by atomic mass is 9.93. The van der Waals surface area contributed by atoms with Crippen molar-refractivity contribution in [3.05, 3.63) is 57.8 Å². The second-order valence-corrected chi connectivity index (χ2v) is 8.95. The van der Waals surface area contributed by atoms with E-state index in [4.69, 9.17) is 0 Å². The van der Waals surface area contributed by atoms with Crippen LogP contribution in [0.4, 0.5) is 0 Å². The molecule has 2 aromatic rings. The van der Waals surface area contributed by atoms with Crippen molar-refractivity contribution in [2.24, 2.45) is 0 Å². The van der Waals surface area contributed by atoms with E-state index in [1.165, 1.54) is 10.4 Å². The SMILES string of the molecule is CCC(=O)N(CC(=O)N1CCc2sccc2[C@H]1c1ccccc1)C(C)(C)C. The van der Waals surface area contributed by atoms with Crippen molar-refractivity contribution in [2.75, 3.05) is 13.1 Å². The van der Waals surface area contributed by atoms with Gasteiger partial charge in [0.2, 0.25) is 11.8 Å². The van der Waals surface area contributed by atoms with Gasteiger partial charge in [0.15, 0.2) is 0 Å². The molecule has 0 saturated carbocycles. The molecule has 0 saturated heterocycles. The Morgan fingerprint density at radius 1 is 1.19 bits per heavy atom. The van der Waals surface area contributed by atoms with Crippen molar-refractivity contribution >= 4 is 23.2 Å². The molecule has 1 aliphatic heterocycles. The van der Waals surface area contributed by atoms with Crippen molar-refractivity contribution in [1.82, 2.24) is 9.80 Å². The fourth-order valence-corrected chi connectivity index (χ4v) is 4.60. The Bertz CT molecular complexity index is 807. The monoisotopic (exact) mass is 384 g/mol. The van der Waals surface area contributed by atoms with E-state index >= 15 is 0 Å². The molecule has 3 rings (SSSR count). The Morgan fingerprint density at radius 2 is 1.89 bits per heavy atom. The van der Waals surface area contributed by atoms with Gasteiger partial charge in [0.25, 0.3) is 0 Å². The number of hydrogen-bond donors (Lipinski definition) is 0. The molecule has 1 aromatic carbocycles. The maximum absolute atomic E-state index is 13.3. The van der Waals surface area contributed by atoms with Gasteiger partial charge in [-0.15, -0.1) is 11.3 Å². The van der Waals surface area contributed by atoms with E-state index in [9.17, 15) is 9.59 Å². The minimum atomic E-state index is -0.381. The average Bonchev–Trinajstić information content (AvgIpc) is 3.13. The van der Waals surface area contributed by atoms with Gasteiger partial charge in [-0.05, 0) is 49.8 Å². The summed E-state index contributed by atoms with van der Waals surface area (Å²) >= 11 is 1.76. The molecule has 2 amide bonds. The summed E-state index contributed by atoms with van der Waals surface area (Å²) in [6.45, 7) is 8.60. The Hall–Kier alpha value is -2.14. The Labute approximate surface area is 165 Å². The predicted molar refractivity (Wildman–Crippen MR) is 110 cm³/mol. The topological polar surface area (TPSA) is 40.6 Å². The molecule has 0 bridgehead atoms. The van der Waals surface area contributed by atoms with E-state index in [2.05, 4.69) is 23.6 Å². The van der Waals surface area contributed by atoms with Crippen molar-refractivity contribution in [3.63, 3.8) is 0 Å². The first-order valence-electron chi connectivity index (χ1n) is 9.54. The molecule has 1 aromatic heterocycles. The molecule has 1 aliphatic rings. The maximum Gasteiger partial charge on any atom is 0.243 e. The zero-order chi connectivity index (χ0) is 19.6. The van der Waals surface area contributed by atoms with E-state index in [-0.39, 0.29) is 29.9 Å². The first-order valence-corrected chi connectivity index (χ1v) is 10.4. The summed E-state index contributed by atoms with van der Waals surface area (Å²) in [7, 11) is 0. The van der Waals surface area contributed by atoms with Gasteiger partial charge in [-0.1, -0.05) is 37.3 Å². The van der Waals surface area contributed by atoms with Gasteiger partial charge < -0.3 is 9.80 Å². The highest BCUT2D eigenvalue weighted by Gasteiger charge is 2.35. The minimum absolute atomic E-state index is 0.0115. The van der Waals surface area contributed by atoms with E-state index in [0.29, 0.717) is 13.0 Å². The second kappa shape index (κ2) is 7.85. The van der Waals surface area contributed by atoms with Crippen LogP contribution in [0.1, 0.15) is 56.2 Å². The van der Waals surface area contributed by atoms with Gasteiger partial charge in [-0.3, -0.25) is 9.59 Å². The molecule has 0 aliphatic carbocycles. The van der Waals surface area contributed by atoms with Crippen LogP contribution >= 0.6 is 11.3 Å². The minimum Gasteiger partial charge on any atom is -0.330 e. The fourth-order valence-electron chi connectivity index (χ4n) is 3.70. The number of thiophene rings is 1. The summed E-state index contributed by atoms with van der Waals surface area (Å²) in [4.78, 5) is 30.8. The number of hydrogen-bond acceptors (Lipinski definition) is 3. The van der Waals surface area contributed by atoms with Crippen LogP contribution in [0.5, 0.6) is 0 Å². The van der Waals surface area contributed by atoms with Crippen molar-refractivity contribution in [1.29, 1.82) is 0 Å². The lowest BCUT2D eigenvalue weighted by molar-refractivity contribution is -0.145. The highest BCUT2D eigenvalue weighted by Crippen LogP contribution is 2.37. The quantitative estimate of drug-likeness (QED) is 0.790. The molecule has 144 valence electrons. The summed E-state index contributed by atoms with van der Waals surface area (Å²) in [6, 6.07) is 12.2. The summed E-state index contributed by atoms with van der Waals surface area (Å²) in [5.41, 5.74) is 1.96. The average molecular weight is 385 g/mol. The molecule has 27 heavy (non-hydrogen) atoms. The number of nitrogens with zero attached hydrogens (tertiary/aromatic N) is 2. The zero-order valence-corrected chi connectivity index (χ0v) is 17.4. The lowest BCUT2D eigenvalue weighted by Gasteiger charge is -2.40. The molecule has 4 nitrogen and oxygen atoms in total. The molecule has 1 atom stereocenters. The highest BCUT2D eigenvalue weighted by molar-refractivity contribution is 7.10. The predicted octanol–water partition coefficient (Wildman–Crippen LogP) is 4.26. The van der Waals surface area contributed by atoms with Gasteiger partial charge in [0, 0.05) is 23.4 Å². The van der Waals surface area contributed by atoms with E-state index in [0.717, 1.165) is 12.0 Å². The summed E-state index contributed by atoms with van der Waals surface area (Å²) in [5.74, 6) is 0.0257. The third-order valence-corrected chi connectivity index (χ3v) is 6.10. The van der Waals surface area contributed by atoms with Gasteiger partial charge >= 0.3 is 0 Å². The van der Waals surface area contributed by atoms with E-state index in [1.54, 1.807) is 16.2 Å². The van der Waals surface area contributed by atoms with Crippen LogP contribution in [0.15, 0.2) is 41.8 Å². The highest BCUT2D eigenvalue weighted by atomic mass is 32.1. The molecular weight excluding hydrogens is 356 g/mol. The zero-order valence-electron chi connectivity index (χ0n) is 16.6. The van der Waals surface area contributed by atoms with Crippen molar-refractivity contribution < 1.29 is 9.59 Å². The van der Waals surface area contributed by atoms with Crippen LogP contribution in [-0.4, -0.2) is 40.2 Å². The molecule has 0 fully saturated rings. The fraction of sp³-hybridized carbons (Fsp3) is 0.455. The number of rotatable bonds is 4. The van der Waals surface area contributed by atoms with Gasteiger partial charge in [0.05, 0.1) is 6.04 Å². The maximum atomic E-state index is 13.3. The van der Waals surface area contributed by atoms with Gasteiger partial charge in [0.1, 0.15) is 6.54 Å². The lowest BCUT2D eigenvalue weighted by Crippen LogP contribution is -2.52. The largest absolute Gasteiger partial charge is 0.330 e. The molecule has 0 radical (unpaired) electrons. The van der Waals surface area contributed by atoms with Crippen LogP contribution in [0.2, 0.25) is 0 Å². The molecule has 0 unspecified atom stereocenters. The van der Waals surface area contributed by atoms with E-state index < -0.39 is 0 Å². The number of fused-ring (bicyclic) bond motifs is 1. The standard InChI is InChI=1S/C22H28N2O2S/c1-5-19(25)24(22(2,3)4)15-20(26)23-13-11-18-17(12-14-27-18)21(23)16-9-7-6-8-10-16/h6-10,12,14,21H,5,11,13,15H2,1-4H3/t21-/m1/s1. The van der Waals surface area contributed by atoms with Crippen molar-refractivity contribution in [3.8, 4) is 0 Å².